The Hall–Kier alpha value is -1.11. The van der Waals surface area contributed by atoms with Crippen LogP contribution in [0.4, 0.5) is 0 Å². The zero-order valence-corrected chi connectivity index (χ0v) is 14.3. The lowest BCUT2D eigenvalue weighted by Gasteiger charge is -2.21. The smallest absolute Gasteiger partial charge is 0.225 e. The Bertz CT molecular complexity index is 631. The van der Waals surface area contributed by atoms with Crippen LogP contribution in [0.2, 0.25) is 5.02 Å². The van der Waals surface area contributed by atoms with E-state index in [1.807, 2.05) is 19.1 Å². The molecule has 1 aliphatic heterocycles. The lowest BCUT2D eigenvalue weighted by atomic mass is 10.00. The first-order valence-corrected chi connectivity index (χ1v) is 9.21. The van der Waals surface area contributed by atoms with Crippen LogP contribution in [0, 0.1) is 5.92 Å². The molecule has 7 heteroatoms. The van der Waals surface area contributed by atoms with Gasteiger partial charge in [-0.25, -0.2) is 13.1 Å². The highest BCUT2D eigenvalue weighted by molar-refractivity contribution is 7.90. The summed E-state index contributed by atoms with van der Waals surface area (Å²) in [7, 11) is -1.91. The largest absolute Gasteiger partial charge is 0.341 e. The third-order valence-electron chi connectivity index (χ3n) is 4.06. The van der Waals surface area contributed by atoms with Gasteiger partial charge in [0, 0.05) is 24.0 Å². The van der Waals surface area contributed by atoms with Crippen LogP contribution in [0.3, 0.4) is 0 Å². The molecule has 0 aliphatic carbocycles. The van der Waals surface area contributed by atoms with Gasteiger partial charge in [-0.3, -0.25) is 4.79 Å². The molecule has 0 bridgehead atoms. The fourth-order valence-corrected chi connectivity index (χ4v) is 3.97. The van der Waals surface area contributed by atoms with Crippen molar-refractivity contribution in [1.82, 2.24) is 9.62 Å². The number of likely N-dealkylation sites (tertiary alicyclic amines) is 1. The van der Waals surface area contributed by atoms with E-state index in [0.717, 1.165) is 5.56 Å². The van der Waals surface area contributed by atoms with Gasteiger partial charge in [0.1, 0.15) is 0 Å². The van der Waals surface area contributed by atoms with Crippen molar-refractivity contribution in [1.29, 1.82) is 0 Å². The summed E-state index contributed by atoms with van der Waals surface area (Å²) in [6.07, 6.45) is 1.11. The summed E-state index contributed by atoms with van der Waals surface area (Å²) in [6, 6.07) is 7.42. The van der Waals surface area contributed by atoms with Crippen LogP contribution < -0.4 is 4.72 Å². The van der Waals surface area contributed by atoms with Gasteiger partial charge in [0.05, 0.1) is 5.25 Å². The van der Waals surface area contributed by atoms with Crippen molar-refractivity contribution in [2.45, 2.75) is 25.0 Å². The molecule has 1 aromatic rings. The van der Waals surface area contributed by atoms with Crippen molar-refractivity contribution in [2.75, 3.05) is 20.1 Å². The van der Waals surface area contributed by atoms with Crippen molar-refractivity contribution in [3.05, 3.63) is 34.9 Å². The van der Waals surface area contributed by atoms with Crippen molar-refractivity contribution >= 4 is 27.5 Å². The Kier molecular flexibility index (Phi) is 5.47. The van der Waals surface area contributed by atoms with E-state index in [1.54, 1.807) is 17.0 Å². The number of nitrogens with one attached hydrogen (secondary N) is 1. The molecule has 5 nitrogen and oxygen atoms in total. The molecule has 0 saturated carbocycles. The predicted molar refractivity (Wildman–Crippen MR) is 87.3 cm³/mol. The number of rotatable bonds is 5. The molecule has 122 valence electrons. The summed E-state index contributed by atoms with van der Waals surface area (Å²) in [5.74, 6) is -0.180. The Morgan fingerprint density at radius 2 is 2.05 bits per heavy atom. The summed E-state index contributed by atoms with van der Waals surface area (Å²) >= 11 is 5.85. The first-order valence-electron chi connectivity index (χ1n) is 7.29. The van der Waals surface area contributed by atoms with Crippen LogP contribution in [0.25, 0.3) is 0 Å². The van der Waals surface area contributed by atoms with Crippen molar-refractivity contribution in [2.24, 2.45) is 5.92 Å². The van der Waals surface area contributed by atoms with Crippen LogP contribution in [0.15, 0.2) is 24.3 Å². The minimum absolute atomic E-state index is 0.00348. The molecule has 1 N–H and O–H groups in total. The van der Waals surface area contributed by atoms with Gasteiger partial charge < -0.3 is 4.90 Å². The molecule has 1 fully saturated rings. The fraction of sp³-hybridized carbons (Fsp3) is 0.533. The summed E-state index contributed by atoms with van der Waals surface area (Å²) in [4.78, 5) is 14.1. The molecule has 1 amide bonds. The zero-order chi connectivity index (χ0) is 16.3. The van der Waals surface area contributed by atoms with E-state index in [4.69, 9.17) is 11.6 Å². The molecule has 0 spiro atoms. The van der Waals surface area contributed by atoms with Crippen molar-refractivity contribution in [3.8, 4) is 0 Å². The van der Waals surface area contributed by atoms with E-state index in [1.165, 1.54) is 7.05 Å². The summed E-state index contributed by atoms with van der Waals surface area (Å²) in [5, 5.41) is 0.159. The molecule has 1 heterocycles. The standard InChI is InChI=1S/C15H21ClN2O3S/c1-11(9-12-3-5-13(16)6-4-12)15(19)18-8-7-14(10-18)22(20,21)17-2/h3-6,11,14,17H,7-10H2,1-2H3/t11-,14+/m0/s1. The average Bonchev–Trinajstić information content (AvgIpc) is 2.99. The van der Waals surface area contributed by atoms with Crippen LogP contribution >= 0.6 is 11.6 Å². The topological polar surface area (TPSA) is 66.5 Å². The van der Waals surface area contributed by atoms with E-state index < -0.39 is 15.3 Å². The number of sulfonamides is 1. The summed E-state index contributed by atoms with van der Waals surface area (Å²) < 4.78 is 25.9. The second-order valence-electron chi connectivity index (χ2n) is 5.68. The molecule has 1 saturated heterocycles. The second kappa shape index (κ2) is 6.98. The van der Waals surface area contributed by atoms with Gasteiger partial charge in [0.2, 0.25) is 15.9 Å². The number of benzene rings is 1. The molecule has 2 atom stereocenters. The van der Waals surface area contributed by atoms with Gasteiger partial charge in [0.25, 0.3) is 0 Å². The summed E-state index contributed by atoms with van der Waals surface area (Å²) in [6.45, 7) is 2.64. The normalized spacial score (nSPS) is 20.1. The average molecular weight is 345 g/mol. The Balaban J connectivity index is 1.96. The lowest BCUT2D eigenvalue weighted by molar-refractivity contribution is -0.133. The van der Waals surface area contributed by atoms with Gasteiger partial charge in [-0.15, -0.1) is 0 Å². The number of hydrogen-bond donors (Lipinski definition) is 1. The third kappa shape index (κ3) is 4.00. The number of hydrogen-bond acceptors (Lipinski definition) is 3. The summed E-state index contributed by atoms with van der Waals surface area (Å²) in [5.41, 5.74) is 1.05. The third-order valence-corrected chi connectivity index (χ3v) is 6.14. The monoisotopic (exact) mass is 344 g/mol. The van der Waals surface area contributed by atoms with Crippen molar-refractivity contribution < 1.29 is 13.2 Å². The maximum Gasteiger partial charge on any atom is 0.225 e. The Morgan fingerprint density at radius 3 is 2.64 bits per heavy atom. The molecule has 2 rings (SSSR count). The van der Waals surface area contributed by atoms with Gasteiger partial charge >= 0.3 is 0 Å². The maximum atomic E-state index is 12.5. The number of carbonyl (C=O) groups is 1. The van der Waals surface area contributed by atoms with Crippen LogP contribution in [0.1, 0.15) is 18.9 Å². The van der Waals surface area contributed by atoms with Gasteiger partial charge in [-0.05, 0) is 37.6 Å². The fourth-order valence-electron chi connectivity index (χ4n) is 2.72. The highest BCUT2D eigenvalue weighted by atomic mass is 35.5. The first kappa shape index (κ1) is 17.2. The van der Waals surface area contributed by atoms with Crippen LogP contribution in [-0.2, 0) is 21.2 Å². The number of halogens is 1. The van der Waals surface area contributed by atoms with Crippen LogP contribution in [-0.4, -0.2) is 44.6 Å². The second-order valence-corrected chi connectivity index (χ2v) is 8.28. The van der Waals surface area contributed by atoms with Gasteiger partial charge in [-0.2, -0.15) is 0 Å². The number of amides is 1. The lowest BCUT2D eigenvalue weighted by Crippen LogP contribution is -2.38. The van der Waals surface area contributed by atoms with E-state index in [9.17, 15) is 13.2 Å². The molecular weight excluding hydrogens is 324 g/mol. The molecule has 0 aromatic heterocycles. The van der Waals surface area contributed by atoms with E-state index in [2.05, 4.69) is 4.72 Å². The minimum Gasteiger partial charge on any atom is -0.341 e. The molecule has 1 aromatic carbocycles. The molecule has 22 heavy (non-hydrogen) atoms. The molecule has 0 unspecified atom stereocenters. The predicted octanol–water partition coefficient (Wildman–Crippen LogP) is 1.67. The maximum absolute atomic E-state index is 12.5. The highest BCUT2D eigenvalue weighted by Gasteiger charge is 2.35. The van der Waals surface area contributed by atoms with E-state index in [-0.39, 0.29) is 18.4 Å². The van der Waals surface area contributed by atoms with Gasteiger partial charge in [0.15, 0.2) is 0 Å². The van der Waals surface area contributed by atoms with E-state index in [0.29, 0.717) is 24.4 Å². The van der Waals surface area contributed by atoms with Gasteiger partial charge in [-0.1, -0.05) is 30.7 Å². The number of carbonyl (C=O) groups excluding carboxylic acids is 1. The Morgan fingerprint density at radius 1 is 1.41 bits per heavy atom. The quantitative estimate of drug-likeness (QED) is 0.883. The Labute approximate surface area is 136 Å². The highest BCUT2D eigenvalue weighted by Crippen LogP contribution is 2.20. The first-order chi connectivity index (χ1) is 10.3. The molecule has 1 aliphatic rings. The zero-order valence-electron chi connectivity index (χ0n) is 12.8. The molecular formula is C15H21ClN2O3S. The minimum atomic E-state index is -3.31. The van der Waals surface area contributed by atoms with E-state index >= 15 is 0 Å². The van der Waals surface area contributed by atoms with Crippen molar-refractivity contribution in [3.63, 3.8) is 0 Å². The number of nitrogens with zero attached hydrogens (tertiary/aromatic N) is 1. The SMILES string of the molecule is CNS(=O)(=O)[C@@H]1CCN(C(=O)[C@@H](C)Cc2ccc(Cl)cc2)C1. The molecule has 0 radical (unpaired) electrons. The van der Waals surface area contributed by atoms with Crippen LogP contribution in [0.5, 0.6) is 0 Å².